The molecule has 0 unspecified atom stereocenters. The van der Waals surface area contributed by atoms with Crippen molar-refractivity contribution in [3.63, 3.8) is 0 Å². The molecule has 0 radical (unpaired) electrons. The Balaban J connectivity index is 1.44. The zero-order chi connectivity index (χ0) is 30.1. The average molecular weight is 673 g/mol. The lowest BCUT2D eigenvalue weighted by molar-refractivity contribution is -0.113. The lowest BCUT2D eigenvalue weighted by Gasteiger charge is -2.25. The fourth-order valence-electron chi connectivity index (χ4n) is 4.77. The van der Waals surface area contributed by atoms with E-state index in [1.54, 1.807) is 35.2 Å². The minimum Gasteiger partial charge on any atom is -0.449 e. The number of para-hydroxylation sites is 1. The third-order valence-electron chi connectivity index (χ3n) is 6.89. The Labute approximate surface area is 264 Å². The predicted molar refractivity (Wildman–Crippen MR) is 172 cm³/mol. The lowest BCUT2D eigenvalue weighted by Crippen LogP contribution is -2.40. The topological polar surface area (TPSA) is 102 Å². The molecule has 8 nitrogen and oxygen atoms in total. The molecule has 0 spiro atoms. The molecule has 0 bridgehead atoms. The quantitative estimate of drug-likeness (QED) is 0.204. The maximum absolute atomic E-state index is 14.0. The SMILES string of the molecule is CC1=C(C(=O)Nc2ccccc2)[C@H](c2ccc(C(C)C)cc2)n2c(s/c(=C/c3cc(Br)c(Sc4ncccn4)o3)c2=O)=N1. The van der Waals surface area contributed by atoms with Crippen LogP contribution in [0.5, 0.6) is 0 Å². The number of rotatable bonds is 7. The zero-order valence-corrected chi connectivity index (χ0v) is 26.7. The molecule has 1 amide bonds. The summed E-state index contributed by atoms with van der Waals surface area (Å²) in [6, 6.07) is 20.2. The number of nitrogens with one attached hydrogen (secondary N) is 1. The highest BCUT2D eigenvalue weighted by Gasteiger charge is 2.32. The van der Waals surface area contributed by atoms with Gasteiger partial charge in [0, 0.05) is 24.2 Å². The molecule has 2 aromatic carbocycles. The molecule has 1 N–H and O–H groups in total. The fraction of sp³-hybridized carbons (Fsp3) is 0.156. The summed E-state index contributed by atoms with van der Waals surface area (Å²) in [6.45, 7) is 6.07. The highest BCUT2D eigenvalue weighted by molar-refractivity contribution is 9.10. The van der Waals surface area contributed by atoms with Crippen LogP contribution >= 0.6 is 39.0 Å². The zero-order valence-electron chi connectivity index (χ0n) is 23.4. The molecule has 1 atom stereocenters. The van der Waals surface area contributed by atoms with Gasteiger partial charge < -0.3 is 9.73 Å². The van der Waals surface area contributed by atoms with Gasteiger partial charge in [0.05, 0.1) is 26.3 Å². The third-order valence-corrected chi connectivity index (χ3v) is 9.61. The first-order valence-electron chi connectivity index (χ1n) is 13.5. The van der Waals surface area contributed by atoms with Crippen molar-refractivity contribution in [2.45, 2.75) is 43.0 Å². The van der Waals surface area contributed by atoms with Crippen molar-refractivity contribution in [1.82, 2.24) is 14.5 Å². The van der Waals surface area contributed by atoms with E-state index in [1.165, 1.54) is 28.7 Å². The molecule has 0 saturated heterocycles. The molecular weight excluding hydrogens is 646 g/mol. The first-order valence-corrected chi connectivity index (χ1v) is 15.9. The van der Waals surface area contributed by atoms with Gasteiger partial charge >= 0.3 is 0 Å². The molecule has 0 fully saturated rings. The first kappa shape index (κ1) is 29.0. The monoisotopic (exact) mass is 671 g/mol. The van der Waals surface area contributed by atoms with Gasteiger partial charge in [-0.05, 0) is 75.9 Å². The number of benzene rings is 2. The number of hydrogen-bond donors (Lipinski definition) is 1. The van der Waals surface area contributed by atoms with Gasteiger partial charge in [0.1, 0.15) is 5.76 Å². The Morgan fingerprint density at radius 3 is 2.51 bits per heavy atom. The van der Waals surface area contributed by atoms with Crippen LogP contribution in [-0.2, 0) is 4.79 Å². The van der Waals surface area contributed by atoms with Crippen LogP contribution in [0.25, 0.3) is 6.08 Å². The smallest absolute Gasteiger partial charge is 0.271 e. The lowest BCUT2D eigenvalue weighted by atomic mass is 9.93. The van der Waals surface area contributed by atoms with Crippen molar-refractivity contribution in [2.75, 3.05) is 5.32 Å². The van der Waals surface area contributed by atoms with Crippen LogP contribution in [0, 0.1) is 0 Å². The van der Waals surface area contributed by atoms with E-state index in [-0.39, 0.29) is 11.5 Å². The van der Waals surface area contributed by atoms with Gasteiger partial charge in [-0.25, -0.2) is 15.0 Å². The summed E-state index contributed by atoms with van der Waals surface area (Å²) >= 11 is 6.08. The van der Waals surface area contributed by atoms with Gasteiger partial charge in [0.2, 0.25) is 0 Å². The Hall–Kier alpha value is -4.06. The van der Waals surface area contributed by atoms with Crippen LogP contribution in [0.15, 0.2) is 119 Å². The highest BCUT2D eigenvalue weighted by atomic mass is 79.9. The predicted octanol–water partition coefficient (Wildman–Crippen LogP) is 6.29. The van der Waals surface area contributed by atoms with Crippen LogP contribution in [0.3, 0.4) is 0 Å². The summed E-state index contributed by atoms with van der Waals surface area (Å²) in [7, 11) is 0. The van der Waals surface area contributed by atoms with Crippen molar-refractivity contribution >= 4 is 56.7 Å². The second kappa shape index (κ2) is 12.3. The summed E-state index contributed by atoms with van der Waals surface area (Å²) in [4.78, 5) is 41.5. The molecule has 6 rings (SSSR count). The molecule has 3 aromatic heterocycles. The Kier molecular flexibility index (Phi) is 8.29. The maximum atomic E-state index is 14.0. The minimum absolute atomic E-state index is 0.257. The Morgan fingerprint density at radius 1 is 1.09 bits per heavy atom. The summed E-state index contributed by atoms with van der Waals surface area (Å²) in [5, 5.41) is 4.11. The van der Waals surface area contributed by atoms with E-state index in [2.05, 4.69) is 45.1 Å². The number of carbonyl (C=O) groups is 1. The van der Waals surface area contributed by atoms with Gasteiger partial charge in [0.25, 0.3) is 11.5 Å². The molecule has 5 aromatic rings. The number of anilines is 1. The molecule has 4 heterocycles. The van der Waals surface area contributed by atoms with Gasteiger partial charge in [-0.3, -0.25) is 14.2 Å². The molecule has 0 saturated carbocycles. The van der Waals surface area contributed by atoms with E-state index in [4.69, 9.17) is 9.41 Å². The molecular formula is C32H26BrN5O3S2. The van der Waals surface area contributed by atoms with Crippen LogP contribution in [-0.4, -0.2) is 20.4 Å². The van der Waals surface area contributed by atoms with Crippen molar-refractivity contribution in [3.8, 4) is 0 Å². The number of carbonyl (C=O) groups excluding carboxylic acids is 1. The van der Waals surface area contributed by atoms with Crippen LogP contribution in [0.4, 0.5) is 5.69 Å². The van der Waals surface area contributed by atoms with Crippen molar-refractivity contribution < 1.29 is 9.21 Å². The van der Waals surface area contributed by atoms with Crippen LogP contribution in [0.1, 0.15) is 49.6 Å². The molecule has 216 valence electrons. The number of fused-ring (bicyclic) bond motifs is 1. The summed E-state index contributed by atoms with van der Waals surface area (Å²) in [6.07, 6.45) is 5.03. The van der Waals surface area contributed by atoms with E-state index in [0.29, 0.717) is 48.2 Å². The van der Waals surface area contributed by atoms with E-state index in [9.17, 15) is 9.59 Å². The van der Waals surface area contributed by atoms with Gasteiger partial charge in [-0.1, -0.05) is 67.6 Å². The average Bonchev–Trinajstić information content (AvgIpc) is 3.50. The minimum atomic E-state index is -0.659. The molecule has 11 heteroatoms. The molecule has 1 aliphatic rings. The number of halogens is 1. The number of hydrogen-bond acceptors (Lipinski definition) is 8. The third kappa shape index (κ3) is 6.06. The highest BCUT2D eigenvalue weighted by Crippen LogP contribution is 2.35. The van der Waals surface area contributed by atoms with Crippen LogP contribution in [0.2, 0.25) is 0 Å². The molecule has 43 heavy (non-hydrogen) atoms. The van der Waals surface area contributed by atoms with Crippen LogP contribution < -0.4 is 20.2 Å². The van der Waals surface area contributed by atoms with Gasteiger partial charge in [-0.15, -0.1) is 0 Å². The van der Waals surface area contributed by atoms with E-state index < -0.39 is 6.04 Å². The Morgan fingerprint density at radius 2 is 1.81 bits per heavy atom. The number of amides is 1. The van der Waals surface area contributed by atoms with Crippen molar-refractivity contribution in [1.29, 1.82) is 0 Å². The van der Waals surface area contributed by atoms with Crippen molar-refractivity contribution in [2.24, 2.45) is 4.99 Å². The fourth-order valence-corrected chi connectivity index (χ4v) is 7.03. The normalized spacial score (nSPS) is 15.0. The molecule has 1 aliphatic heterocycles. The van der Waals surface area contributed by atoms with E-state index >= 15 is 0 Å². The van der Waals surface area contributed by atoms with E-state index in [1.807, 2.05) is 61.5 Å². The number of furan rings is 1. The number of thiazole rings is 1. The number of nitrogens with zero attached hydrogens (tertiary/aromatic N) is 4. The number of allylic oxidation sites excluding steroid dienone is 1. The second-order valence-electron chi connectivity index (χ2n) is 10.1. The summed E-state index contributed by atoms with van der Waals surface area (Å²) in [5.74, 6) is 0.531. The number of aromatic nitrogens is 3. The largest absolute Gasteiger partial charge is 0.449 e. The Bertz CT molecular complexity index is 2020. The van der Waals surface area contributed by atoms with E-state index in [0.717, 1.165) is 10.0 Å². The standard InChI is InChI=1S/C32H26BrN5O3S2/c1-18(2)20-10-12-21(13-11-20)27-26(28(39)37-22-8-5-4-6-9-22)19(3)36-32-38(27)29(40)25(42-32)17-23-16-24(33)30(41-23)43-31-34-14-7-15-35-31/h4-18,27H,1-3H3,(H,37,39)/b25-17+/t27-/m0/s1. The van der Waals surface area contributed by atoms with Crippen molar-refractivity contribution in [3.05, 3.63) is 131 Å². The maximum Gasteiger partial charge on any atom is 0.271 e. The van der Waals surface area contributed by atoms with Gasteiger partial charge in [0.15, 0.2) is 15.1 Å². The second-order valence-corrected chi connectivity index (χ2v) is 12.9. The van der Waals surface area contributed by atoms with Gasteiger partial charge in [-0.2, -0.15) is 0 Å². The summed E-state index contributed by atoms with van der Waals surface area (Å²) < 4.78 is 8.81. The molecule has 0 aliphatic carbocycles. The summed E-state index contributed by atoms with van der Waals surface area (Å²) in [5.41, 5.74) is 3.38. The first-order chi connectivity index (χ1) is 20.8.